The van der Waals surface area contributed by atoms with Gasteiger partial charge in [-0.3, -0.25) is 4.79 Å². The van der Waals surface area contributed by atoms with Gasteiger partial charge in [-0.2, -0.15) is 0 Å². The van der Waals surface area contributed by atoms with E-state index in [1.807, 2.05) is 48.7 Å². The molecule has 2 aromatic rings. The van der Waals surface area contributed by atoms with Gasteiger partial charge in [0.2, 0.25) is 12.7 Å². The van der Waals surface area contributed by atoms with E-state index in [2.05, 4.69) is 5.32 Å². The maximum atomic E-state index is 12.8. The normalized spacial score (nSPS) is 16.9. The first-order valence-electron chi connectivity index (χ1n) is 7.57. The highest BCUT2D eigenvalue weighted by Gasteiger charge is 2.51. The van der Waals surface area contributed by atoms with Crippen LogP contribution in [0.3, 0.4) is 0 Å². The minimum atomic E-state index is -0.434. The van der Waals surface area contributed by atoms with Crippen LogP contribution in [0.1, 0.15) is 18.4 Å². The van der Waals surface area contributed by atoms with Crippen LogP contribution in [0.15, 0.2) is 47.4 Å². The molecule has 118 valence electrons. The molecule has 0 bridgehead atoms. The molecule has 1 amide bonds. The summed E-state index contributed by atoms with van der Waals surface area (Å²) in [6.45, 7) is 0.249. The van der Waals surface area contributed by atoms with Crippen LogP contribution in [-0.4, -0.2) is 19.0 Å². The molecule has 0 saturated heterocycles. The second-order valence-corrected chi connectivity index (χ2v) is 6.72. The molecule has 0 spiro atoms. The van der Waals surface area contributed by atoms with Crippen LogP contribution in [0.2, 0.25) is 0 Å². The van der Waals surface area contributed by atoms with Gasteiger partial charge in [0.25, 0.3) is 0 Å². The maximum Gasteiger partial charge on any atom is 0.235 e. The number of thioether (sulfide) groups is 1. The van der Waals surface area contributed by atoms with Crippen LogP contribution >= 0.6 is 11.8 Å². The number of carbonyl (C=O) groups excluding carboxylic acids is 1. The molecule has 4 rings (SSSR count). The maximum absolute atomic E-state index is 12.8. The molecule has 4 nitrogen and oxygen atoms in total. The average molecular weight is 327 g/mol. The second-order valence-electron chi connectivity index (χ2n) is 5.84. The third-order valence-corrected chi connectivity index (χ3v) is 5.16. The Balaban J connectivity index is 1.57. The van der Waals surface area contributed by atoms with E-state index in [9.17, 15) is 4.79 Å². The van der Waals surface area contributed by atoms with Gasteiger partial charge in [-0.05, 0) is 55.0 Å². The summed E-state index contributed by atoms with van der Waals surface area (Å²) in [5, 5.41) is 3.06. The number of rotatable bonds is 4. The van der Waals surface area contributed by atoms with E-state index in [0.29, 0.717) is 0 Å². The van der Waals surface area contributed by atoms with Crippen molar-refractivity contribution in [1.82, 2.24) is 0 Å². The largest absolute Gasteiger partial charge is 0.454 e. The van der Waals surface area contributed by atoms with Crippen LogP contribution in [0.5, 0.6) is 11.5 Å². The van der Waals surface area contributed by atoms with Gasteiger partial charge in [0.15, 0.2) is 11.5 Å². The van der Waals surface area contributed by atoms with Gasteiger partial charge in [-0.15, -0.1) is 11.8 Å². The highest BCUT2D eigenvalue weighted by molar-refractivity contribution is 7.98. The Morgan fingerprint density at radius 2 is 1.96 bits per heavy atom. The molecule has 1 heterocycles. The molecule has 23 heavy (non-hydrogen) atoms. The van der Waals surface area contributed by atoms with Crippen molar-refractivity contribution in [3.8, 4) is 11.5 Å². The van der Waals surface area contributed by atoms with E-state index in [1.54, 1.807) is 11.8 Å². The summed E-state index contributed by atoms with van der Waals surface area (Å²) in [7, 11) is 0. The molecule has 5 heteroatoms. The first-order chi connectivity index (χ1) is 11.2. The summed E-state index contributed by atoms with van der Waals surface area (Å²) in [5.41, 5.74) is 1.41. The number of fused-ring (bicyclic) bond motifs is 1. The molecule has 1 aliphatic carbocycles. The Morgan fingerprint density at radius 1 is 1.13 bits per heavy atom. The Kier molecular flexibility index (Phi) is 3.45. The van der Waals surface area contributed by atoms with Gasteiger partial charge in [0.1, 0.15) is 0 Å². The lowest BCUT2D eigenvalue weighted by molar-refractivity contribution is -0.118. The number of carbonyl (C=O) groups is 1. The summed E-state index contributed by atoms with van der Waals surface area (Å²) >= 11 is 1.66. The van der Waals surface area contributed by atoms with Gasteiger partial charge >= 0.3 is 0 Å². The number of nitrogens with one attached hydrogen (secondary N) is 1. The monoisotopic (exact) mass is 327 g/mol. The minimum Gasteiger partial charge on any atom is -0.454 e. The van der Waals surface area contributed by atoms with E-state index >= 15 is 0 Å². The summed E-state index contributed by atoms with van der Waals surface area (Å²) in [6.07, 6.45) is 3.75. The fourth-order valence-corrected chi connectivity index (χ4v) is 3.38. The van der Waals surface area contributed by atoms with Crippen LogP contribution in [-0.2, 0) is 10.2 Å². The number of hydrogen-bond donors (Lipinski definition) is 1. The fourth-order valence-electron chi connectivity index (χ4n) is 2.92. The van der Waals surface area contributed by atoms with Crippen LogP contribution in [0.4, 0.5) is 5.69 Å². The average Bonchev–Trinajstić information content (AvgIpc) is 3.26. The van der Waals surface area contributed by atoms with Gasteiger partial charge in [-0.1, -0.05) is 12.1 Å². The SMILES string of the molecule is CSc1cccc(NC(=O)C2(c3ccc4c(c3)OCO4)CC2)c1. The molecule has 1 fully saturated rings. The number of hydrogen-bond acceptors (Lipinski definition) is 4. The van der Waals surface area contributed by atoms with Crippen LogP contribution in [0, 0.1) is 0 Å². The van der Waals surface area contributed by atoms with E-state index < -0.39 is 5.41 Å². The first kappa shape index (κ1) is 14.5. The molecule has 1 N–H and O–H groups in total. The van der Waals surface area contributed by atoms with Gasteiger partial charge in [-0.25, -0.2) is 0 Å². The molecule has 1 aliphatic heterocycles. The highest BCUT2D eigenvalue weighted by atomic mass is 32.2. The van der Waals surface area contributed by atoms with Crippen molar-refractivity contribution in [2.24, 2.45) is 0 Å². The summed E-state index contributed by atoms with van der Waals surface area (Å²) in [5.74, 6) is 1.53. The molecular formula is C18H17NO3S. The third kappa shape index (κ3) is 2.55. The fraction of sp³-hybridized carbons (Fsp3) is 0.278. The lowest BCUT2D eigenvalue weighted by Gasteiger charge is -2.16. The van der Waals surface area contributed by atoms with Crippen molar-refractivity contribution in [3.63, 3.8) is 0 Å². The lowest BCUT2D eigenvalue weighted by Crippen LogP contribution is -2.27. The minimum absolute atomic E-state index is 0.0506. The van der Waals surface area contributed by atoms with Gasteiger partial charge in [0.05, 0.1) is 5.41 Å². The van der Waals surface area contributed by atoms with Crippen molar-refractivity contribution in [1.29, 1.82) is 0 Å². The smallest absolute Gasteiger partial charge is 0.235 e. The topological polar surface area (TPSA) is 47.6 Å². The number of amides is 1. The van der Waals surface area contributed by atoms with Crippen LogP contribution < -0.4 is 14.8 Å². The van der Waals surface area contributed by atoms with Crippen LogP contribution in [0.25, 0.3) is 0 Å². The molecule has 0 aromatic heterocycles. The third-order valence-electron chi connectivity index (χ3n) is 4.44. The lowest BCUT2D eigenvalue weighted by atomic mass is 9.94. The van der Waals surface area contributed by atoms with Crippen molar-refractivity contribution in [3.05, 3.63) is 48.0 Å². The van der Waals surface area contributed by atoms with Crippen molar-refractivity contribution >= 4 is 23.4 Å². The van der Waals surface area contributed by atoms with Crippen molar-refractivity contribution in [2.75, 3.05) is 18.4 Å². The molecule has 0 unspecified atom stereocenters. The molecule has 2 aromatic carbocycles. The Hall–Kier alpha value is -2.14. The Morgan fingerprint density at radius 3 is 2.74 bits per heavy atom. The summed E-state index contributed by atoms with van der Waals surface area (Å²) in [6, 6.07) is 13.7. The Labute approximate surface area is 139 Å². The predicted molar refractivity (Wildman–Crippen MR) is 90.3 cm³/mol. The second kappa shape index (κ2) is 5.49. The predicted octanol–water partition coefficient (Wildman–Crippen LogP) is 3.81. The number of benzene rings is 2. The zero-order valence-electron chi connectivity index (χ0n) is 12.8. The van der Waals surface area contributed by atoms with E-state index in [4.69, 9.17) is 9.47 Å². The zero-order valence-corrected chi connectivity index (χ0v) is 13.6. The molecule has 1 saturated carbocycles. The number of ether oxygens (including phenoxy) is 2. The highest BCUT2D eigenvalue weighted by Crippen LogP contribution is 2.51. The van der Waals surface area contributed by atoms with Crippen molar-refractivity contribution < 1.29 is 14.3 Å². The summed E-state index contributed by atoms with van der Waals surface area (Å²) in [4.78, 5) is 13.9. The van der Waals surface area contributed by atoms with E-state index in [1.165, 1.54) is 0 Å². The first-order valence-corrected chi connectivity index (χ1v) is 8.79. The molecule has 2 aliphatic rings. The zero-order chi connectivity index (χ0) is 15.9. The number of anilines is 1. The van der Waals surface area contributed by atoms with E-state index in [0.717, 1.165) is 40.5 Å². The van der Waals surface area contributed by atoms with Crippen molar-refractivity contribution in [2.45, 2.75) is 23.2 Å². The molecule has 0 atom stereocenters. The van der Waals surface area contributed by atoms with E-state index in [-0.39, 0.29) is 12.7 Å². The van der Waals surface area contributed by atoms with Gasteiger partial charge in [0, 0.05) is 10.6 Å². The molecule has 0 radical (unpaired) electrons. The summed E-state index contributed by atoms with van der Waals surface area (Å²) < 4.78 is 10.8. The molecular weight excluding hydrogens is 310 g/mol. The Bertz CT molecular complexity index is 771. The quantitative estimate of drug-likeness (QED) is 0.868. The van der Waals surface area contributed by atoms with Gasteiger partial charge < -0.3 is 14.8 Å². The standard InChI is InChI=1S/C18H17NO3S/c1-23-14-4-2-3-13(10-14)19-17(20)18(7-8-18)12-5-6-15-16(9-12)22-11-21-15/h2-6,9-10H,7-8,11H2,1H3,(H,19,20).